The number of para-hydroxylation sites is 2. The molecule has 0 saturated carbocycles. The summed E-state index contributed by atoms with van der Waals surface area (Å²) in [7, 11) is 0. The van der Waals surface area contributed by atoms with Gasteiger partial charge in [0.15, 0.2) is 0 Å². The van der Waals surface area contributed by atoms with Gasteiger partial charge >= 0.3 is 0 Å². The average molecular weight is 430 g/mol. The highest BCUT2D eigenvalue weighted by atomic mass is 16.6. The van der Waals surface area contributed by atoms with Crippen molar-refractivity contribution in [1.82, 2.24) is 4.57 Å². The SMILES string of the molecule is O=[N+]([O-])c1cccc(-n2c(-c3ccccc3[N+](=O)[O-])ccc2-c2ccccc2[N+](=O)[O-])c1. The minimum Gasteiger partial charge on any atom is -0.309 e. The predicted octanol–water partition coefficient (Wildman–Crippen LogP) is 5.54. The van der Waals surface area contributed by atoms with Crippen molar-refractivity contribution >= 4 is 17.1 Å². The molecule has 0 bridgehead atoms. The molecule has 158 valence electrons. The monoisotopic (exact) mass is 430 g/mol. The van der Waals surface area contributed by atoms with E-state index in [2.05, 4.69) is 0 Å². The fourth-order valence-electron chi connectivity index (χ4n) is 3.58. The van der Waals surface area contributed by atoms with E-state index in [0.717, 1.165) is 0 Å². The van der Waals surface area contributed by atoms with Crippen LogP contribution < -0.4 is 0 Å². The van der Waals surface area contributed by atoms with Crippen LogP contribution in [-0.4, -0.2) is 19.3 Å². The summed E-state index contributed by atoms with van der Waals surface area (Å²) < 4.78 is 1.55. The molecule has 3 aromatic carbocycles. The molecule has 1 aromatic heterocycles. The summed E-state index contributed by atoms with van der Waals surface area (Å²) >= 11 is 0. The van der Waals surface area contributed by atoms with Gasteiger partial charge < -0.3 is 4.57 Å². The van der Waals surface area contributed by atoms with Crippen LogP contribution >= 0.6 is 0 Å². The van der Waals surface area contributed by atoms with Crippen LogP contribution in [0.4, 0.5) is 17.1 Å². The van der Waals surface area contributed by atoms with E-state index >= 15 is 0 Å². The first-order valence-corrected chi connectivity index (χ1v) is 9.32. The third kappa shape index (κ3) is 3.56. The number of aromatic nitrogens is 1. The average Bonchev–Trinajstić information content (AvgIpc) is 3.24. The molecule has 4 aromatic rings. The predicted molar refractivity (Wildman–Crippen MR) is 117 cm³/mol. The molecule has 0 aliphatic heterocycles. The zero-order chi connectivity index (χ0) is 22.8. The van der Waals surface area contributed by atoms with E-state index in [-0.39, 0.29) is 28.2 Å². The molecule has 0 unspecified atom stereocenters. The quantitative estimate of drug-likeness (QED) is 0.291. The minimum atomic E-state index is -0.553. The Labute approximate surface area is 180 Å². The standard InChI is InChI=1S/C22H14N4O6/c27-24(28)16-7-5-6-15(14-16)23-19(17-8-1-3-10-21(17)25(29)30)12-13-20(23)18-9-2-4-11-22(18)26(31)32/h1-14H. The van der Waals surface area contributed by atoms with Gasteiger partial charge in [0, 0.05) is 24.3 Å². The minimum absolute atomic E-state index is 0.161. The Kier molecular flexibility index (Phi) is 5.17. The van der Waals surface area contributed by atoms with Crippen molar-refractivity contribution in [3.8, 4) is 28.2 Å². The molecular formula is C22H14N4O6. The normalized spacial score (nSPS) is 10.6. The van der Waals surface area contributed by atoms with Gasteiger partial charge in [0.1, 0.15) is 0 Å². The molecule has 0 atom stereocenters. The van der Waals surface area contributed by atoms with Gasteiger partial charge in [0.2, 0.25) is 0 Å². The first kappa shape index (κ1) is 20.4. The van der Waals surface area contributed by atoms with Gasteiger partial charge in [-0.3, -0.25) is 30.3 Å². The second kappa shape index (κ2) is 8.11. The Balaban J connectivity index is 2.07. The van der Waals surface area contributed by atoms with E-state index in [4.69, 9.17) is 0 Å². The Hall–Kier alpha value is -4.86. The summed E-state index contributed by atoms with van der Waals surface area (Å²) in [5.41, 5.74) is 1.11. The molecule has 0 spiro atoms. The topological polar surface area (TPSA) is 134 Å². The molecule has 0 aliphatic carbocycles. The summed E-state index contributed by atoms with van der Waals surface area (Å²) in [6.07, 6.45) is 0. The summed E-state index contributed by atoms with van der Waals surface area (Å²) in [4.78, 5) is 33.0. The maximum Gasteiger partial charge on any atom is 0.278 e. The van der Waals surface area contributed by atoms with Crippen LogP contribution in [0, 0.1) is 30.3 Å². The van der Waals surface area contributed by atoms with Crippen molar-refractivity contribution in [2.24, 2.45) is 0 Å². The van der Waals surface area contributed by atoms with Crippen LogP contribution in [0.15, 0.2) is 84.9 Å². The fraction of sp³-hybridized carbons (Fsp3) is 0. The number of rotatable bonds is 6. The lowest BCUT2D eigenvalue weighted by Crippen LogP contribution is -2.03. The van der Waals surface area contributed by atoms with Gasteiger partial charge in [0.25, 0.3) is 17.1 Å². The molecule has 32 heavy (non-hydrogen) atoms. The van der Waals surface area contributed by atoms with Crippen LogP contribution in [0.3, 0.4) is 0 Å². The Morgan fingerprint density at radius 2 is 1.06 bits per heavy atom. The van der Waals surface area contributed by atoms with Gasteiger partial charge in [0.05, 0.1) is 43.0 Å². The van der Waals surface area contributed by atoms with Crippen LogP contribution in [-0.2, 0) is 0 Å². The highest BCUT2D eigenvalue weighted by Gasteiger charge is 2.24. The lowest BCUT2D eigenvalue weighted by molar-refractivity contribution is -0.384. The molecule has 0 saturated heterocycles. The summed E-state index contributed by atoms with van der Waals surface area (Å²) in [6.45, 7) is 0. The molecular weight excluding hydrogens is 416 g/mol. The van der Waals surface area contributed by atoms with Crippen LogP contribution in [0.5, 0.6) is 0 Å². The van der Waals surface area contributed by atoms with E-state index in [0.29, 0.717) is 17.1 Å². The lowest BCUT2D eigenvalue weighted by atomic mass is 10.1. The smallest absolute Gasteiger partial charge is 0.278 e. The van der Waals surface area contributed by atoms with Crippen LogP contribution in [0.2, 0.25) is 0 Å². The zero-order valence-electron chi connectivity index (χ0n) is 16.3. The fourth-order valence-corrected chi connectivity index (χ4v) is 3.58. The number of nitro groups is 3. The molecule has 10 heteroatoms. The first-order chi connectivity index (χ1) is 15.4. The van der Waals surface area contributed by atoms with Crippen molar-refractivity contribution in [3.63, 3.8) is 0 Å². The van der Waals surface area contributed by atoms with Crippen molar-refractivity contribution in [2.45, 2.75) is 0 Å². The second-order valence-corrected chi connectivity index (χ2v) is 6.76. The van der Waals surface area contributed by atoms with Gasteiger partial charge in [-0.25, -0.2) is 0 Å². The van der Waals surface area contributed by atoms with E-state index in [1.54, 1.807) is 47.0 Å². The Morgan fingerprint density at radius 3 is 1.53 bits per heavy atom. The molecule has 1 heterocycles. The molecule has 4 rings (SSSR count). The highest BCUT2D eigenvalue weighted by Crippen LogP contribution is 2.39. The van der Waals surface area contributed by atoms with Gasteiger partial charge in [-0.05, 0) is 30.3 Å². The van der Waals surface area contributed by atoms with E-state index < -0.39 is 14.8 Å². The Morgan fingerprint density at radius 1 is 0.562 bits per heavy atom. The highest BCUT2D eigenvalue weighted by molar-refractivity contribution is 5.81. The van der Waals surface area contributed by atoms with Crippen LogP contribution in [0.25, 0.3) is 28.2 Å². The Bertz CT molecular complexity index is 1300. The molecule has 0 N–H and O–H groups in total. The van der Waals surface area contributed by atoms with Gasteiger partial charge in [-0.15, -0.1) is 0 Å². The number of benzene rings is 3. The van der Waals surface area contributed by atoms with Crippen LogP contribution in [0.1, 0.15) is 0 Å². The second-order valence-electron chi connectivity index (χ2n) is 6.76. The maximum absolute atomic E-state index is 11.6. The number of hydrogen-bond donors (Lipinski definition) is 0. The van der Waals surface area contributed by atoms with Crippen molar-refractivity contribution < 1.29 is 14.8 Å². The molecule has 0 fully saturated rings. The molecule has 0 radical (unpaired) electrons. The number of nitrogens with zero attached hydrogens (tertiary/aromatic N) is 4. The largest absolute Gasteiger partial charge is 0.309 e. The zero-order valence-corrected chi connectivity index (χ0v) is 16.3. The van der Waals surface area contributed by atoms with Gasteiger partial charge in [-0.1, -0.05) is 30.3 Å². The number of non-ortho nitro benzene ring substituents is 1. The summed E-state index contributed by atoms with van der Waals surface area (Å²) in [6, 6.07) is 21.1. The number of hydrogen-bond acceptors (Lipinski definition) is 6. The third-order valence-electron chi connectivity index (χ3n) is 4.93. The van der Waals surface area contributed by atoms with E-state index in [1.165, 1.54) is 42.5 Å². The third-order valence-corrected chi connectivity index (χ3v) is 4.93. The molecule has 0 aliphatic rings. The van der Waals surface area contributed by atoms with Gasteiger partial charge in [-0.2, -0.15) is 0 Å². The first-order valence-electron chi connectivity index (χ1n) is 9.32. The van der Waals surface area contributed by atoms with E-state index in [1.807, 2.05) is 0 Å². The molecule has 0 amide bonds. The van der Waals surface area contributed by atoms with Crippen molar-refractivity contribution in [3.05, 3.63) is 115 Å². The lowest BCUT2D eigenvalue weighted by Gasteiger charge is -2.14. The number of nitro benzene ring substituents is 3. The van der Waals surface area contributed by atoms with Crippen molar-refractivity contribution in [1.29, 1.82) is 0 Å². The molecule has 10 nitrogen and oxygen atoms in total. The summed E-state index contributed by atoms with van der Waals surface area (Å²) in [5, 5.41) is 34.6. The van der Waals surface area contributed by atoms with Crippen molar-refractivity contribution in [2.75, 3.05) is 0 Å². The van der Waals surface area contributed by atoms with E-state index in [9.17, 15) is 30.3 Å². The maximum atomic E-state index is 11.6. The summed E-state index contributed by atoms with van der Waals surface area (Å²) in [5.74, 6) is 0.